The molecule has 0 aliphatic carbocycles. The monoisotopic (exact) mass is 485 g/mol. The third-order valence-corrected chi connectivity index (χ3v) is 6.18. The fraction of sp³-hybridized carbons (Fsp3) is 0.320. The lowest BCUT2D eigenvalue weighted by Crippen LogP contribution is -2.48. The van der Waals surface area contributed by atoms with E-state index in [2.05, 4.69) is 14.6 Å². The van der Waals surface area contributed by atoms with Gasteiger partial charge >= 0.3 is 5.97 Å². The molecule has 7 nitrogen and oxygen atoms in total. The van der Waals surface area contributed by atoms with Crippen LogP contribution < -0.4 is 0 Å². The Morgan fingerprint density at radius 3 is 2.53 bits per heavy atom. The standard InChI is InChI=1S/C25H25ClFN3O4/c1-33-25(32)22-16-34-23(28-22)15-29-9-11-30(12-10-29)24(31)14-21(17-5-7-19(26)8-6-17)18-3-2-4-20(27)13-18/h2-8,13,16,21H,9-12,14-15H2,1H3. The minimum Gasteiger partial charge on any atom is -0.464 e. The number of ether oxygens (including phenoxy) is 1. The summed E-state index contributed by atoms with van der Waals surface area (Å²) in [6.45, 7) is 2.84. The zero-order chi connectivity index (χ0) is 24.1. The molecule has 0 spiro atoms. The number of hydrogen-bond donors (Lipinski definition) is 0. The molecule has 3 aromatic rings. The van der Waals surface area contributed by atoms with Crippen LogP contribution in [0.15, 0.2) is 59.2 Å². The van der Waals surface area contributed by atoms with Crippen molar-refractivity contribution in [2.45, 2.75) is 18.9 Å². The SMILES string of the molecule is COC(=O)c1coc(CN2CCN(C(=O)CC(c3ccc(Cl)cc3)c3cccc(F)c3)CC2)n1. The Hall–Kier alpha value is -3.23. The highest BCUT2D eigenvalue weighted by Gasteiger charge is 2.26. The number of amides is 1. The van der Waals surface area contributed by atoms with E-state index in [9.17, 15) is 14.0 Å². The van der Waals surface area contributed by atoms with Crippen LogP contribution in [-0.2, 0) is 16.1 Å². The maximum Gasteiger partial charge on any atom is 0.360 e. The number of carbonyl (C=O) groups is 2. The molecule has 2 heterocycles. The van der Waals surface area contributed by atoms with E-state index in [1.807, 2.05) is 23.1 Å². The first-order chi connectivity index (χ1) is 16.4. The molecule has 9 heteroatoms. The van der Waals surface area contributed by atoms with E-state index in [1.165, 1.54) is 25.5 Å². The molecule has 1 fully saturated rings. The van der Waals surface area contributed by atoms with E-state index in [1.54, 1.807) is 18.2 Å². The lowest BCUT2D eigenvalue weighted by Gasteiger charge is -2.35. The number of aromatic nitrogens is 1. The Morgan fingerprint density at radius 1 is 1.12 bits per heavy atom. The molecule has 1 unspecified atom stereocenters. The van der Waals surface area contributed by atoms with Crippen LogP contribution in [0.5, 0.6) is 0 Å². The molecule has 1 aliphatic rings. The van der Waals surface area contributed by atoms with Crippen molar-refractivity contribution in [2.24, 2.45) is 0 Å². The van der Waals surface area contributed by atoms with Crippen LogP contribution in [0.4, 0.5) is 4.39 Å². The minimum atomic E-state index is -0.543. The number of halogens is 2. The second-order valence-corrected chi connectivity index (χ2v) is 8.57. The predicted molar refractivity (Wildman–Crippen MR) is 124 cm³/mol. The van der Waals surface area contributed by atoms with Gasteiger partial charge in [-0.05, 0) is 35.4 Å². The molecule has 1 aliphatic heterocycles. The summed E-state index contributed by atoms with van der Waals surface area (Å²) in [5.74, 6) is -0.719. The van der Waals surface area contributed by atoms with Crippen molar-refractivity contribution in [2.75, 3.05) is 33.3 Å². The Balaban J connectivity index is 1.38. The summed E-state index contributed by atoms with van der Waals surface area (Å²) in [4.78, 5) is 32.8. The number of methoxy groups -OCH3 is 1. The lowest BCUT2D eigenvalue weighted by molar-refractivity contribution is -0.133. The number of piperazine rings is 1. The van der Waals surface area contributed by atoms with Gasteiger partial charge in [0.2, 0.25) is 11.8 Å². The van der Waals surface area contributed by atoms with Gasteiger partial charge in [0.15, 0.2) is 5.69 Å². The Kier molecular flexibility index (Phi) is 7.59. The van der Waals surface area contributed by atoms with Crippen molar-refractivity contribution in [3.8, 4) is 0 Å². The number of nitrogens with zero attached hydrogens (tertiary/aromatic N) is 3. The first-order valence-electron chi connectivity index (χ1n) is 11.0. The van der Waals surface area contributed by atoms with E-state index in [0.29, 0.717) is 43.6 Å². The molecule has 1 aromatic heterocycles. The van der Waals surface area contributed by atoms with Gasteiger partial charge in [0, 0.05) is 43.5 Å². The van der Waals surface area contributed by atoms with Gasteiger partial charge in [-0.15, -0.1) is 0 Å². The fourth-order valence-electron chi connectivity index (χ4n) is 4.08. The number of benzene rings is 2. The van der Waals surface area contributed by atoms with Crippen LogP contribution >= 0.6 is 11.6 Å². The summed E-state index contributed by atoms with van der Waals surface area (Å²) in [6.07, 6.45) is 1.51. The molecule has 1 amide bonds. The molecule has 0 bridgehead atoms. The highest BCUT2D eigenvalue weighted by molar-refractivity contribution is 6.30. The molecule has 178 valence electrons. The third-order valence-electron chi connectivity index (χ3n) is 5.93. The van der Waals surface area contributed by atoms with Crippen LogP contribution in [-0.4, -0.2) is 59.9 Å². The van der Waals surface area contributed by atoms with Crippen molar-refractivity contribution in [3.05, 3.63) is 88.3 Å². The second-order valence-electron chi connectivity index (χ2n) is 8.14. The van der Waals surface area contributed by atoms with Crippen LogP contribution in [0.3, 0.4) is 0 Å². The molecule has 4 rings (SSSR count). The van der Waals surface area contributed by atoms with Crippen molar-refractivity contribution >= 4 is 23.5 Å². The molecular formula is C25H25ClFN3O4. The third kappa shape index (κ3) is 5.81. The largest absolute Gasteiger partial charge is 0.464 e. The summed E-state index contributed by atoms with van der Waals surface area (Å²) in [6, 6.07) is 13.7. The molecule has 0 radical (unpaired) electrons. The van der Waals surface area contributed by atoms with Gasteiger partial charge in [0.25, 0.3) is 0 Å². The average molecular weight is 486 g/mol. The van der Waals surface area contributed by atoms with Gasteiger partial charge in [-0.25, -0.2) is 14.2 Å². The number of esters is 1. The second kappa shape index (κ2) is 10.8. The topological polar surface area (TPSA) is 75.9 Å². The number of carbonyl (C=O) groups excluding carboxylic acids is 2. The summed E-state index contributed by atoms with van der Waals surface area (Å²) in [5, 5.41) is 0.606. The Morgan fingerprint density at radius 2 is 1.85 bits per heavy atom. The predicted octanol–water partition coefficient (Wildman–Crippen LogP) is 4.12. The summed E-state index contributed by atoms with van der Waals surface area (Å²) in [7, 11) is 1.29. The highest BCUT2D eigenvalue weighted by atomic mass is 35.5. The minimum absolute atomic E-state index is 0.00737. The maximum atomic E-state index is 13.9. The number of oxazole rings is 1. The smallest absolute Gasteiger partial charge is 0.360 e. The van der Waals surface area contributed by atoms with E-state index in [-0.39, 0.29) is 29.8 Å². The van der Waals surface area contributed by atoms with Crippen LogP contribution in [0, 0.1) is 5.82 Å². The van der Waals surface area contributed by atoms with Gasteiger partial charge in [0.05, 0.1) is 13.7 Å². The van der Waals surface area contributed by atoms with Gasteiger partial charge in [-0.2, -0.15) is 0 Å². The first kappa shape index (κ1) is 23.9. The fourth-order valence-corrected chi connectivity index (χ4v) is 4.20. The molecule has 2 aromatic carbocycles. The maximum absolute atomic E-state index is 13.9. The van der Waals surface area contributed by atoms with Gasteiger partial charge in [-0.1, -0.05) is 35.9 Å². The zero-order valence-electron chi connectivity index (χ0n) is 18.7. The van der Waals surface area contributed by atoms with Crippen molar-refractivity contribution in [1.82, 2.24) is 14.8 Å². The Bertz CT molecular complexity index is 1140. The number of rotatable bonds is 7. The van der Waals surface area contributed by atoms with E-state index < -0.39 is 5.97 Å². The van der Waals surface area contributed by atoms with Crippen molar-refractivity contribution in [1.29, 1.82) is 0 Å². The van der Waals surface area contributed by atoms with E-state index in [0.717, 1.165) is 11.1 Å². The molecule has 0 saturated carbocycles. The van der Waals surface area contributed by atoms with E-state index >= 15 is 0 Å². The quantitative estimate of drug-likeness (QED) is 0.469. The Labute approximate surface area is 202 Å². The van der Waals surface area contributed by atoms with Crippen LogP contribution in [0.25, 0.3) is 0 Å². The van der Waals surface area contributed by atoms with Crippen LogP contribution in [0.1, 0.15) is 39.8 Å². The zero-order valence-corrected chi connectivity index (χ0v) is 19.5. The van der Waals surface area contributed by atoms with Gasteiger partial charge in [-0.3, -0.25) is 9.69 Å². The van der Waals surface area contributed by atoms with Crippen molar-refractivity contribution in [3.63, 3.8) is 0 Å². The van der Waals surface area contributed by atoms with Gasteiger partial charge < -0.3 is 14.1 Å². The van der Waals surface area contributed by atoms with E-state index in [4.69, 9.17) is 16.0 Å². The highest BCUT2D eigenvalue weighted by Crippen LogP contribution is 2.30. The molecular weight excluding hydrogens is 461 g/mol. The lowest BCUT2D eigenvalue weighted by atomic mass is 9.88. The van der Waals surface area contributed by atoms with Crippen molar-refractivity contribution < 1.29 is 23.1 Å². The molecule has 34 heavy (non-hydrogen) atoms. The number of hydrogen-bond acceptors (Lipinski definition) is 6. The summed E-state index contributed by atoms with van der Waals surface area (Å²) in [5.41, 5.74) is 1.80. The molecule has 1 atom stereocenters. The normalized spacial score (nSPS) is 15.2. The van der Waals surface area contributed by atoms with Crippen LogP contribution in [0.2, 0.25) is 5.02 Å². The summed E-state index contributed by atoms with van der Waals surface area (Å²) < 4.78 is 23.9. The average Bonchev–Trinajstić information content (AvgIpc) is 3.31. The molecule has 1 saturated heterocycles. The first-order valence-corrected chi connectivity index (χ1v) is 11.3. The van der Waals surface area contributed by atoms with Gasteiger partial charge in [0.1, 0.15) is 12.1 Å². The summed E-state index contributed by atoms with van der Waals surface area (Å²) >= 11 is 6.04. The molecule has 0 N–H and O–H groups in total.